The van der Waals surface area contributed by atoms with Crippen molar-refractivity contribution < 1.29 is 22.8 Å². The Labute approximate surface area is 202 Å². The van der Waals surface area contributed by atoms with Gasteiger partial charge >= 0.3 is 0 Å². The van der Waals surface area contributed by atoms with Crippen molar-refractivity contribution in [3.8, 4) is 5.19 Å². The summed E-state index contributed by atoms with van der Waals surface area (Å²) in [6.45, 7) is 4.88. The fraction of sp³-hybridized carbons (Fsp3) is 0.739. The van der Waals surface area contributed by atoms with E-state index in [9.17, 15) is 13.6 Å². The maximum absolute atomic E-state index is 13.0. The van der Waals surface area contributed by atoms with Crippen LogP contribution in [0.3, 0.4) is 0 Å². The van der Waals surface area contributed by atoms with Crippen LogP contribution in [0.2, 0.25) is 0 Å². The molecule has 3 heterocycles. The Kier molecular flexibility index (Phi) is 8.13. The number of rotatable bonds is 9. The van der Waals surface area contributed by atoms with E-state index in [1.807, 2.05) is 0 Å². The van der Waals surface area contributed by atoms with E-state index < -0.39 is 12.5 Å². The number of hydrogen-bond donors (Lipinski definition) is 1. The summed E-state index contributed by atoms with van der Waals surface area (Å²) in [5.74, 6) is -1.32. The van der Waals surface area contributed by atoms with Crippen molar-refractivity contribution >= 4 is 17.2 Å². The van der Waals surface area contributed by atoms with Gasteiger partial charge in [-0.05, 0) is 51.0 Å². The molecule has 0 aromatic carbocycles. The van der Waals surface area contributed by atoms with Gasteiger partial charge in [0.2, 0.25) is 11.8 Å². The van der Waals surface area contributed by atoms with Crippen LogP contribution in [0.4, 0.5) is 8.78 Å². The summed E-state index contributed by atoms with van der Waals surface area (Å²) in [5.41, 5.74) is 0.995. The molecule has 0 unspecified atom stereocenters. The maximum atomic E-state index is 13.0. The Hall–Kier alpha value is -2.14. The van der Waals surface area contributed by atoms with Crippen molar-refractivity contribution in [3.63, 3.8) is 0 Å². The second kappa shape index (κ2) is 11.1. The number of halogens is 2. The van der Waals surface area contributed by atoms with Crippen molar-refractivity contribution in [2.24, 2.45) is 5.92 Å². The van der Waals surface area contributed by atoms with E-state index in [2.05, 4.69) is 25.3 Å². The molecule has 8 nitrogen and oxygen atoms in total. The van der Waals surface area contributed by atoms with Crippen LogP contribution in [0.1, 0.15) is 61.3 Å². The number of fused-ring (bicyclic) bond motifs is 1. The molecule has 2 aliphatic rings. The lowest BCUT2D eigenvalue weighted by atomic mass is 9.84. The number of nitrogens with zero attached hydrogens (tertiary/aromatic N) is 4. The average Bonchev–Trinajstić information content (AvgIpc) is 3.32. The number of carbonyl (C=O) groups is 1. The second-order valence-corrected chi connectivity index (χ2v) is 10.6. The molecule has 1 fully saturated rings. The number of alkyl halides is 2. The van der Waals surface area contributed by atoms with Crippen LogP contribution in [0.5, 0.6) is 5.19 Å². The molecule has 1 aliphatic carbocycles. The third kappa shape index (κ3) is 7.43. The molecule has 2 aromatic rings. The van der Waals surface area contributed by atoms with E-state index in [0.29, 0.717) is 22.8 Å². The molecule has 0 saturated heterocycles. The van der Waals surface area contributed by atoms with Crippen LogP contribution in [0.25, 0.3) is 0 Å². The number of thiazole rings is 1. The number of carbonyl (C=O) groups excluding carboxylic acids is 1. The predicted molar refractivity (Wildman–Crippen MR) is 123 cm³/mol. The van der Waals surface area contributed by atoms with Gasteiger partial charge in [-0.15, -0.1) is 0 Å². The highest BCUT2D eigenvalue weighted by Gasteiger charge is 2.26. The van der Waals surface area contributed by atoms with Crippen LogP contribution < -0.4 is 10.1 Å². The largest absolute Gasteiger partial charge is 0.464 e. The molecule has 0 atom stereocenters. The predicted octanol–water partition coefficient (Wildman–Crippen LogP) is 3.58. The fourth-order valence-electron chi connectivity index (χ4n) is 4.66. The molecule has 1 amide bonds. The zero-order valence-electron chi connectivity index (χ0n) is 19.8. The Morgan fingerprint density at radius 2 is 2.00 bits per heavy atom. The van der Waals surface area contributed by atoms with Gasteiger partial charge in [0.05, 0.1) is 12.1 Å². The number of nitrogens with one attached hydrogen (secondary N) is 1. The SMILES string of the molecule is Cc1nc(CC(=O)NC2CCC(CCN3CCc4nc(OCC(C)(F)F)sc4CC3)CC2)no1. The standard InChI is InChI=1S/C23H33F2N5O3S/c1-15-26-20(29-33-15)13-21(31)27-17-5-3-16(4-6-17)7-10-30-11-8-18-19(9-12-30)34-22(28-18)32-14-23(2,24)25/h16-17H,3-14H2,1-2H3,(H,27,31). The summed E-state index contributed by atoms with van der Waals surface area (Å²) < 4.78 is 36.2. The maximum Gasteiger partial charge on any atom is 0.278 e. The van der Waals surface area contributed by atoms with Gasteiger partial charge in [0, 0.05) is 44.3 Å². The molecule has 2 aromatic heterocycles. The van der Waals surface area contributed by atoms with Crippen LogP contribution in [0.15, 0.2) is 4.52 Å². The number of ether oxygens (including phenoxy) is 1. The summed E-state index contributed by atoms with van der Waals surface area (Å²) in [7, 11) is 0. The monoisotopic (exact) mass is 497 g/mol. The lowest BCUT2D eigenvalue weighted by Gasteiger charge is -2.30. The third-order valence-electron chi connectivity index (χ3n) is 6.48. The van der Waals surface area contributed by atoms with Crippen LogP contribution >= 0.6 is 11.3 Å². The zero-order chi connectivity index (χ0) is 24.1. The van der Waals surface area contributed by atoms with E-state index in [4.69, 9.17) is 9.26 Å². The van der Waals surface area contributed by atoms with Gasteiger partial charge in [-0.25, -0.2) is 13.8 Å². The lowest BCUT2D eigenvalue weighted by molar-refractivity contribution is -0.121. The molecule has 1 aliphatic heterocycles. The zero-order valence-corrected chi connectivity index (χ0v) is 20.6. The fourth-order valence-corrected chi connectivity index (χ4v) is 5.60. The van der Waals surface area contributed by atoms with Crippen LogP contribution in [-0.4, -0.2) is 64.1 Å². The first-order valence-electron chi connectivity index (χ1n) is 12.0. The van der Waals surface area contributed by atoms with E-state index >= 15 is 0 Å². The quantitative estimate of drug-likeness (QED) is 0.566. The Morgan fingerprint density at radius 1 is 1.24 bits per heavy atom. The summed E-state index contributed by atoms with van der Waals surface area (Å²) in [6.07, 6.45) is 7.28. The molecule has 4 rings (SSSR count). The number of hydrogen-bond acceptors (Lipinski definition) is 8. The van der Waals surface area contributed by atoms with Crippen molar-refractivity contribution in [2.45, 2.75) is 77.2 Å². The normalized spacial score (nSPS) is 21.6. The number of aromatic nitrogens is 3. The van der Waals surface area contributed by atoms with E-state index in [1.54, 1.807) is 6.92 Å². The highest BCUT2D eigenvalue weighted by molar-refractivity contribution is 7.13. The highest BCUT2D eigenvalue weighted by atomic mass is 32.1. The van der Waals surface area contributed by atoms with Crippen molar-refractivity contribution in [2.75, 3.05) is 26.2 Å². The summed E-state index contributed by atoms with van der Waals surface area (Å²) in [4.78, 5) is 24.4. The highest BCUT2D eigenvalue weighted by Crippen LogP contribution is 2.30. The van der Waals surface area contributed by atoms with Gasteiger partial charge in [0.15, 0.2) is 12.4 Å². The van der Waals surface area contributed by atoms with Gasteiger partial charge < -0.3 is 19.5 Å². The van der Waals surface area contributed by atoms with Gasteiger partial charge in [-0.2, -0.15) is 4.98 Å². The summed E-state index contributed by atoms with van der Waals surface area (Å²) >= 11 is 1.40. The Bertz CT molecular complexity index is 927. The molecule has 1 N–H and O–H groups in total. The topological polar surface area (TPSA) is 93.4 Å². The molecule has 0 radical (unpaired) electrons. The van der Waals surface area contributed by atoms with Crippen molar-refractivity contribution in [1.82, 2.24) is 25.3 Å². The Balaban J connectivity index is 1.13. The van der Waals surface area contributed by atoms with E-state index in [1.165, 1.54) is 11.3 Å². The second-order valence-electron chi connectivity index (χ2n) is 9.53. The smallest absolute Gasteiger partial charge is 0.278 e. The molecule has 0 bridgehead atoms. The Morgan fingerprint density at radius 3 is 2.71 bits per heavy atom. The third-order valence-corrected chi connectivity index (χ3v) is 7.55. The van der Waals surface area contributed by atoms with Crippen molar-refractivity contribution in [1.29, 1.82) is 0 Å². The van der Waals surface area contributed by atoms with Gasteiger partial charge in [0.25, 0.3) is 11.1 Å². The molecular weight excluding hydrogens is 464 g/mol. The van der Waals surface area contributed by atoms with Crippen LogP contribution in [-0.2, 0) is 24.1 Å². The van der Waals surface area contributed by atoms with Crippen molar-refractivity contribution in [3.05, 3.63) is 22.3 Å². The van der Waals surface area contributed by atoms with Gasteiger partial charge in [-0.3, -0.25) is 4.79 Å². The van der Waals surface area contributed by atoms with Crippen LogP contribution in [0, 0.1) is 12.8 Å². The molecule has 1 saturated carbocycles. The molecular formula is C23H33F2N5O3S. The molecule has 188 valence electrons. The first-order chi connectivity index (χ1) is 16.2. The van der Waals surface area contributed by atoms with Gasteiger partial charge in [0.1, 0.15) is 0 Å². The molecule has 34 heavy (non-hydrogen) atoms. The summed E-state index contributed by atoms with van der Waals surface area (Å²) in [6, 6.07) is 0.223. The average molecular weight is 498 g/mol. The van der Waals surface area contributed by atoms with E-state index in [-0.39, 0.29) is 18.4 Å². The molecule has 0 spiro atoms. The minimum absolute atomic E-state index is 0.0492. The minimum Gasteiger partial charge on any atom is -0.464 e. The first-order valence-corrected chi connectivity index (χ1v) is 12.9. The number of amides is 1. The van der Waals surface area contributed by atoms with Gasteiger partial charge in [-0.1, -0.05) is 16.5 Å². The summed E-state index contributed by atoms with van der Waals surface area (Å²) in [5, 5.41) is 7.25. The lowest BCUT2D eigenvalue weighted by Crippen LogP contribution is -2.39. The molecule has 11 heteroatoms. The number of aryl methyl sites for hydroxylation is 1. The first kappa shape index (κ1) is 25.0. The minimum atomic E-state index is -2.85. The van der Waals surface area contributed by atoms with E-state index in [0.717, 1.165) is 82.1 Å².